The summed E-state index contributed by atoms with van der Waals surface area (Å²) in [4.78, 5) is 0. The first kappa shape index (κ1) is 17.1. The molecule has 0 aliphatic rings. The fourth-order valence-electron chi connectivity index (χ4n) is 2.52. The molecule has 0 spiro atoms. The van der Waals surface area contributed by atoms with E-state index >= 15 is 0 Å². The zero-order chi connectivity index (χ0) is 17.6. The van der Waals surface area contributed by atoms with E-state index in [0.717, 1.165) is 28.4 Å². The van der Waals surface area contributed by atoms with E-state index in [1.165, 1.54) is 11.8 Å². The second-order valence-electron chi connectivity index (χ2n) is 5.38. The maximum Gasteiger partial charge on any atom is 0.197 e. The first-order valence-electron chi connectivity index (χ1n) is 7.98. The van der Waals surface area contributed by atoms with Gasteiger partial charge in [0, 0.05) is 11.3 Å². The van der Waals surface area contributed by atoms with Gasteiger partial charge in [0.1, 0.15) is 5.75 Å². The Kier molecular flexibility index (Phi) is 5.36. The van der Waals surface area contributed by atoms with Crippen molar-refractivity contribution in [2.45, 2.75) is 19.0 Å². The summed E-state index contributed by atoms with van der Waals surface area (Å²) in [5, 5.41) is 18.3. The lowest BCUT2D eigenvalue weighted by Crippen LogP contribution is -2.00. The van der Waals surface area contributed by atoms with Gasteiger partial charge in [-0.15, -0.1) is 10.2 Å². The molecule has 0 radical (unpaired) electrons. The molecule has 2 aromatic carbocycles. The van der Waals surface area contributed by atoms with Gasteiger partial charge in [0.25, 0.3) is 0 Å². The number of hydrogen-bond acceptors (Lipinski definition) is 5. The SMILES string of the molecule is CCOc1ccc(-n2c(SCC#N)nnc2-c2cccc(C)c2)cc1. The molecule has 6 heteroatoms. The van der Waals surface area contributed by atoms with Crippen molar-refractivity contribution in [3.8, 4) is 28.9 Å². The molecule has 0 saturated heterocycles. The van der Waals surface area contributed by atoms with Crippen LogP contribution in [0.15, 0.2) is 53.7 Å². The molecule has 25 heavy (non-hydrogen) atoms. The summed E-state index contributed by atoms with van der Waals surface area (Å²) in [6.45, 7) is 4.64. The average molecular weight is 350 g/mol. The van der Waals surface area contributed by atoms with Gasteiger partial charge in [0.15, 0.2) is 11.0 Å². The summed E-state index contributed by atoms with van der Waals surface area (Å²) in [6, 6.07) is 18.1. The van der Waals surface area contributed by atoms with E-state index in [9.17, 15) is 0 Å². The van der Waals surface area contributed by atoms with E-state index in [1.54, 1.807) is 0 Å². The van der Waals surface area contributed by atoms with Gasteiger partial charge >= 0.3 is 0 Å². The Labute approximate surface area is 151 Å². The van der Waals surface area contributed by atoms with Crippen LogP contribution in [0.4, 0.5) is 0 Å². The molecule has 3 aromatic rings. The van der Waals surface area contributed by atoms with E-state index in [-0.39, 0.29) is 0 Å². The van der Waals surface area contributed by atoms with Crippen molar-refractivity contribution >= 4 is 11.8 Å². The predicted molar refractivity (Wildman–Crippen MR) is 99.0 cm³/mol. The van der Waals surface area contributed by atoms with Gasteiger partial charge in [0.05, 0.1) is 18.4 Å². The van der Waals surface area contributed by atoms with E-state index < -0.39 is 0 Å². The van der Waals surface area contributed by atoms with Crippen molar-refractivity contribution in [2.75, 3.05) is 12.4 Å². The average Bonchev–Trinajstić information content (AvgIpc) is 3.05. The molecule has 1 aromatic heterocycles. The van der Waals surface area contributed by atoms with E-state index in [4.69, 9.17) is 10.00 Å². The number of aromatic nitrogens is 3. The summed E-state index contributed by atoms with van der Waals surface area (Å²) in [5.74, 6) is 1.90. The van der Waals surface area contributed by atoms with Crippen LogP contribution in [0.1, 0.15) is 12.5 Å². The summed E-state index contributed by atoms with van der Waals surface area (Å²) in [5.41, 5.74) is 3.08. The maximum absolute atomic E-state index is 8.90. The Morgan fingerprint density at radius 3 is 2.64 bits per heavy atom. The fourth-order valence-corrected chi connectivity index (χ4v) is 3.14. The number of ether oxygens (including phenoxy) is 1. The molecule has 0 amide bonds. The van der Waals surface area contributed by atoms with Gasteiger partial charge in [-0.25, -0.2) is 0 Å². The van der Waals surface area contributed by atoms with Gasteiger partial charge < -0.3 is 4.74 Å². The highest BCUT2D eigenvalue weighted by atomic mass is 32.2. The first-order valence-corrected chi connectivity index (χ1v) is 8.97. The molecule has 0 atom stereocenters. The maximum atomic E-state index is 8.90. The third-order valence-corrected chi connectivity index (χ3v) is 4.38. The quantitative estimate of drug-likeness (QED) is 0.622. The van der Waals surface area contributed by atoms with Crippen molar-refractivity contribution in [1.29, 1.82) is 5.26 Å². The second kappa shape index (κ2) is 7.86. The molecule has 3 rings (SSSR count). The highest BCUT2D eigenvalue weighted by Gasteiger charge is 2.16. The van der Waals surface area contributed by atoms with Crippen molar-refractivity contribution in [3.05, 3.63) is 54.1 Å². The zero-order valence-electron chi connectivity index (χ0n) is 14.1. The van der Waals surface area contributed by atoms with Crippen LogP contribution in [-0.4, -0.2) is 27.1 Å². The Morgan fingerprint density at radius 2 is 1.96 bits per heavy atom. The normalized spacial score (nSPS) is 10.4. The van der Waals surface area contributed by atoms with Crippen LogP contribution in [0.3, 0.4) is 0 Å². The molecule has 0 unspecified atom stereocenters. The van der Waals surface area contributed by atoms with Gasteiger partial charge in [0.2, 0.25) is 0 Å². The lowest BCUT2D eigenvalue weighted by Gasteiger charge is -2.11. The number of nitriles is 1. The van der Waals surface area contributed by atoms with Gasteiger partial charge in [-0.2, -0.15) is 5.26 Å². The smallest absolute Gasteiger partial charge is 0.197 e. The number of nitrogens with zero attached hydrogens (tertiary/aromatic N) is 4. The number of rotatable bonds is 6. The summed E-state index contributed by atoms with van der Waals surface area (Å²) < 4.78 is 7.49. The summed E-state index contributed by atoms with van der Waals surface area (Å²) in [6.07, 6.45) is 0. The topological polar surface area (TPSA) is 63.7 Å². The molecule has 5 nitrogen and oxygen atoms in total. The van der Waals surface area contributed by atoms with Crippen molar-refractivity contribution in [2.24, 2.45) is 0 Å². The van der Waals surface area contributed by atoms with Crippen LogP contribution < -0.4 is 4.74 Å². The van der Waals surface area contributed by atoms with E-state index in [1.807, 2.05) is 60.9 Å². The minimum absolute atomic E-state index is 0.322. The second-order valence-corrected chi connectivity index (χ2v) is 6.33. The van der Waals surface area contributed by atoms with Crippen molar-refractivity contribution in [1.82, 2.24) is 14.8 Å². The molecule has 126 valence electrons. The van der Waals surface area contributed by atoms with Crippen LogP contribution in [0.5, 0.6) is 5.75 Å². The standard InChI is InChI=1S/C19H18N4OS/c1-3-24-17-9-7-16(8-10-17)23-18(15-6-4-5-14(2)13-15)21-22-19(23)25-12-11-20/h4-10,13H,3,12H2,1-2H3. The molecule has 0 aliphatic carbocycles. The number of thioether (sulfide) groups is 1. The number of aryl methyl sites for hydroxylation is 1. The van der Waals surface area contributed by atoms with Crippen LogP contribution in [-0.2, 0) is 0 Å². The Balaban J connectivity index is 2.08. The van der Waals surface area contributed by atoms with Crippen molar-refractivity contribution < 1.29 is 4.74 Å². The Bertz CT molecular complexity index is 897. The highest BCUT2D eigenvalue weighted by molar-refractivity contribution is 7.99. The van der Waals surface area contributed by atoms with Crippen LogP contribution >= 0.6 is 11.8 Å². The minimum Gasteiger partial charge on any atom is -0.494 e. The molecule has 0 aliphatic heterocycles. The zero-order valence-corrected chi connectivity index (χ0v) is 15.0. The monoisotopic (exact) mass is 350 g/mol. The van der Waals surface area contributed by atoms with Crippen molar-refractivity contribution in [3.63, 3.8) is 0 Å². The van der Waals surface area contributed by atoms with Crippen LogP contribution in [0.2, 0.25) is 0 Å². The Hall–Kier alpha value is -2.78. The molecule has 0 fully saturated rings. The third-order valence-electron chi connectivity index (χ3n) is 3.58. The molecule has 0 bridgehead atoms. The van der Waals surface area contributed by atoms with Crippen LogP contribution in [0, 0.1) is 18.3 Å². The summed E-state index contributed by atoms with van der Waals surface area (Å²) in [7, 11) is 0. The highest BCUT2D eigenvalue weighted by Crippen LogP contribution is 2.29. The van der Waals surface area contributed by atoms with Gasteiger partial charge in [-0.1, -0.05) is 35.5 Å². The van der Waals surface area contributed by atoms with E-state index in [0.29, 0.717) is 17.5 Å². The third kappa shape index (κ3) is 3.83. The number of hydrogen-bond donors (Lipinski definition) is 0. The molecular formula is C19H18N4OS. The molecular weight excluding hydrogens is 332 g/mol. The van der Waals surface area contributed by atoms with Crippen LogP contribution in [0.25, 0.3) is 17.1 Å². The van der Waals surface area contributed by atoms with Gasteiger partial charge in [-0.3, -0.25) is 4.57 Å². The first-order chi connectivity index (χ1) is 12.2. The minimum atomic E-state index is 0.322. The molecule has 1 heterocycles. The number of benzene rings is 2. The van der Waals surface area contributed by atoms with Gasteiger partial charge in [-0.05, 0) is 44.2 Å². The lowest BCUT2D eigenvalue weighted by molar-refractivity contribution is 0.340. The molecule has 0 N–H and O–H groups in total. The Morgan fingerprint density at radius 1 is 1.16 bits per heavy atom. The summed E-state index contributed by atoms with van der Waals surface area (Å²) >= 11 is 1.37. The van der Waals surface area contributed by atoms with E-state index in [2.05, 4.69) is 22.3 Å². The largest absolute Gasteiger partial charge is 0.494 e. The predicted octanol–water partition coefficient (Wildman–Crippen LogP) is 4.26. The lowest BCUT2D eigenvalue weighted by atomic mass is 10.1. The molecule has 0 saturated carbocycles. The fraction of sp³-hybridized carbons (Fsp3) is 0.211.